The van der Waals surface area contributed by atoms with Crippen LogP contribution in [-0.4, -0.2) is 40.9 Å². The van der Waals surface area contributed by atoms with E-state index in [1.165, 1.54) is 24.4 Å². The van der Waals surface area contributed by atoms with E-state index < -0.39 is 0 Å². The summed E-state index contributed by atoms with van der Waals surface area (Å²) >= 11 is 1.48. The molecule has 0 aliphatic heterocycles. The van der Waals surface area contributed by atoms with Gasteiger partial charge in [-0.3, -0.25) is 0 Å². The zero-order chi connectivity index (χ0) is 10.8. The van der Waals surface area contributed by atoms with E-state index in [9.17, 15) is 0 Å². The Morgan fingerprint density at radius 2 is 2.27 bits per heavy atom. The predicted octanol–water partition coefficient (Wildman–Crippen LogP) is 1.78. The summed E-state index contributed by atoms with van der Waals surface area (Å²) in [6.45, 7) is 3.18. The van der Waals surface area contributed by atoms with Crippen LogP contribution in [0.4, 0.5) is 5.13 Å². The van der Waals surface area contributed by atoms with Crippen molar-refractivity contribution in [1.82, 2.24) is 14.3 Å². The summed E-state index contributed by atoms with van der Waals surface area (Å²) in [5.74, 6) is 1.69. The highest BCUT2D eigenvalue weighted by Gasteiger charge is 2.27. The van der Waals surface area contributed by atoms with Crippen LogP contribution in [0.3, 0.4) is 0 Å². The fourth-order valence-electron chi connectivity index (χ4n) is 1.60. The molecule has 0 radical (unpaired) electrons. The topological polar surface area (TPSA) is 41.0 Å². The summed E-state index contributed by atoms with van der Waals surface area (Å²) in [4.78, 5) is 6.66. The molecule has 84 valence electrons. The number of likely N-dealkylation sites (N-methyl/N-ethyl adjacent to an activating group) is 1. The van der Waals surface area contributed by atoms with Crippen molar-refractivity contribution in [2.75, 3.05) is 26.0 Å². The molecule has 1 atom stereocenters. The molecule has 0 aromatic carbocycles. The molecule has 1 aromatic rings. The Morgan fingerprint density at radius 3 is 2.87 bits per heavy atom. The highest BCUT2D eigenvalue weighted by atomic mass is 32.1. The predicted molar refractivity (Wildman–Crippen MR) is 63.5 cm³/mol. The zero-order valence-corrected chi connectivity index (χ0v) is 10.3. The van der Waals surface area contributed by atoms with Crippen molar-refractivity contribution in [1.29, 1.82) is 0 Å². The Hall–Kier alpha value is -0.680. The Bertz CT molecular complexity index is 319. The molecule has 1 aliphatic carbocycles. The van der Waals surface area contributed by atoms with E-state index in [1.54, 1.807) is 0 Å². The molecule has 0 saturated heterocycles. The second-order valence-electron chi connectivity index (χ2n) is 4.54. The number of anilines is 1. The van der Waals surface area contributed by atoms with Gasteiger partial charge in [0.1, 0.15) is 5.82 Å². The monoisotopic (exact) mass is 226 g/mol. The van der Waals surface area contributed by atoms with Gasteiger partial charge in [0.15, 0.2) is 0 Å². The summed E-state index contributed by atoms with van der Waals surface area (Å²) < 4.78 is 4.36. The molecule has 0 spiro atoms. The van der Waals surface area contributed by atoms with Crippen LogP contribution >= 0.6 is 11.5 Å². The second-order valence-corrected chi connectivity index (χ2v) is 5.29. The molecule has 1 N–H and O–H groups in total. The normalized spacial score (nSPS) is 18.1. The Morgan fingerprint density at radius 1 is 1.53 bits per heavy atom. The van der Waals surface area contributed by atoms with Crippen molar-refractivity contribution in [3.05, 3.63) is 5.82 Å². The summed E-state index contributed by atoms with van der Waals surface area (Å²) in [5, 5.41) is 4.34. The van der Waals surface area contributed by atoms with Gasteiger partial charge in [0.05, 0.1) is 0 Å². The largest absolute Gasteiger partial charge is 0.357 e. The van der Waals surface area contributed by atoms with Crippen molar-refractivity contribution >= 4 is 16.7 Å². The van der Waals surface area contributed by atoms with E-state index in [2.05, 4.69) is 40.6 Å². The van der Waals surface area contributed by atoms with Crippen LogP contribution in [0.15, 0.2) is 0 Å². The van der Waals surface area contributed by atoms with Crippen molar-refractivity contribution in [3.8, 4) is 0 Å². The fourth-order valence-corrected chi connectivity index (χ4v) is 2.36. The SMILES string of the molecule is CC(CN(C)C)Nc1nc(C2CC2)ns1. The highest BCUT2D eigenvalue weighted by Crippen LogP contribution is 2.39. The van der Waals surface area contributed by atoms with Gasteiger partial charge in [0, 0.05) is 30.0 Å². The molecule has 1 heterocycles. The van der Waals surface area contributed by atoms with E-state index in [0.717, 1.165) is 17.5 Å². The molecule has 15 heavy (non-hydrogen) atoms. The lowest BCUT2D eigenvalue weighted by Gasteiger charge is -2.17. The van der Waals surface area contributed by atoms with Crippen LogP contribution in [0.25, 0.3) is 0 Å². The maximum Gasteiger partial charge on any atom is 0.202 e. The minimum Gasteiger partial charge on any atom is -0.357 e. The second kappa shape index (κ2) is 4.45. The van der Waals surface area contributed by atoms with Gasteiger partial charge in [0.25, 0.3) is 0 Å². The van der Waals surface area contributed by atoms with Crippen LogP contribution in [0.1, 0.15) is 31.5 Å². The molecule has 1 aromatic heterocycles. The summed E-state index contributed by atoms with van der Waals surface area (Å²) in [6, 6.07) is 0.417. The van der Waals surface area contributed by atoms with E-state index in [4.69, 9.17) is 0 Å². The molecular formula is C10H18N4S. The molecule has 1 aliphatic rings. The van der Waals surface area contributed by atoms with E-state index in [-0.39, 0.29) is 0 Å². The number of hydrogen-bond donors (Lipinski definition) is 1. The number of nitrogens with one attached hydrogen (secondary N) is 1. The smallest absolute Gasteiger partial charge is 0.202 e. The van der Waals surface area contributed by atoms with Gasteiger partial charge in [-0.2, -0.15) is 4.37 Å². The molecule has 1 fully saturated rings. The third-order valence-corrected chi connectivity index (χ3v) is 3.05. The zero-order valence-electron chi connectivity index (χ0n) is 9.53. The Kier molecular flexibility index (Phi) is 3.21. The lowest BCUT2D eigenvalue weighted by atomic mass is 10.3. The number of hydrogen-bond acceptors (Lipinski definition) is 5. The average Bonchev–Trinajstić information content (AvgIpc) is 2.87. The molecule has 1 saturated carbocycles. The first-order chi connectivity index (χ1) is 7.15. The fraction of sp³-hybridized carbons (Fsp3) is 0.800. The van der Waals surface area contributed by atoms with Gasteiger partial charge in [-0.15, -0.1) is 0 Å². The van der Waals surface area contributed by atoms with E-state index in [1.807, 2.05) is 0 Å². The lowest BCUT2D eigenvalue weighted by Crippen LogP contribution is -2.29. The van der Waals surface area contributed by atoms with Crippen LogP contribution in [-0.2, 0) is 0 Å². The molecule has 1 unspecified atom stereocenters. The standard InChI is InChI=1S/C10H18N4S/c1-7(6-14(2)3)11-10-12-9(13-15-10)8-4-5-8/h7-8H,4-6H2,1-3H3,(H,11,12,13). The van der Waals surface area contributed by atoms with Crippen LogP contribution in [0.5, 0.6) is 0 Å². The first-order valence-corrected chi connectivity index (χ1v) is 6.17. The lowest BCUT2D eigenvalue weighted by molar-refractivity contribution is 0.392. The first-order valence-electron chi connectivity index (χ1n) is 5.40. The molecule has 0 amide bonds. The van der Waals surface area contributed by atoms with Gasteiger partial charge in [-0.25, -0.2) is 4.98 Å². The van der Waals surface area contributed by atoms with Crippen LogP contribution < -0.4 is 5.32 Å². The molecule has 0 bridgehead atoms. The quantitative estimate of drug-likeness (QED) is 0.831. The third kappa shape index (κ3) is 3.14. The summed E-state index contributed by atoms with van der Waals surface area (Å²) in [5.41, 5.74) is 0. The maximum atomic E-state index is 4.50. The molecule has 4 nitrogen and oxygen atoms in total. The first kappa shape index (κ1) is 10.8. The van der Waals surface area contributed by atoms with Crippen LogP contribution in [0, 0.1) is 0 Å². The van der Waals surface area contributed by atoms with Gasteiger partial charge < -0.3 is 10.2 Å². The summed E-state index contributed by atoms with van der Waals surface area (Å²) in [7, 11) is 4.15. The minimum atomic E-state index is 0.417. The van der Waals surface area contributed by atoms with Gasteiger partial charge in [-0.1, -0.05) is 0 Å². The Balaban J connectivity index is 1.86. The van der Waals surface area contributed by atoms with Crippen molar-refractivity contribution in [2.24, 2.45) is 0 Å². The average molecular weight is 226 g/mol. The number of nitrogens with zero attached hydrogens (tertiary/aromatic N) is 3. The van der Waals surface area contributed by atoms with Crippen LogP contribution in [0.2, 0.25) is 0 Å². The third-order valence-electron chi connectivity index (χ3n) is 2.39. The van der Waals surface area contributed by atoms with Gasteiger partial charge >= 0.3 is 0 Å². The minimum absolute atomic E-state index is 0.417. The number of aromatic nitrogens is 2. The molecule has 5 heteroatoms. The van der Waals surface area contributed by atoms with Crippen molar-refractivity contribution in [3.63, 3.8) is 0 Å². The van der Waals surface area contributed by atoms with Gasteiger partial charge in [-0.05, 0) is 33.9 Å². The van der Waals surface area contributed by atoms with Gasteiger partial charge in [0.2, 0.25) is 5.13 Å². The molecular weight excluding hydrogens is 208 g/mol. The van der Waals surface area contributed by atoms with Crippen molar-refractivity contribution in [2.45, 2.75) is 31.7 Å². The molecule has 2 rings (SSSR count). The van der Waals surface area contributed by atoms with E-state index >= 15 is 0 Å². The van der Waals surface area contributed by atoms with E-state index in [0.29, 0.717) is 12.0 Å². The van der Waals surface area contributed by atoms with Crippen molar-refractivity contribution < 1.29 is 0 Å². The maximum absolute atomic E-state index is 4.50. The Labute approximate surface area is 94.9 Å². The summed E-state index contributed by atoms with van der Waals surface area (Å²) in [6.07, 6.45) is 2.53. The highest BCUT2D eigenvalue weighted by molar-refractivity contribution is 7.09. The number of rotatable bonds is 5.